The predicted octanol–water partition coefficient (Wildman–Crippen LogP) is 0.849. The Hall–Kier alpha value is -3.10. The number of carbonyl (C=O) groups excluding carboxylic acids is 3. The van der Waals surface area contributed by atoms with E-state index in [9.17, 15) is 24.5 Å². The van der Waals surface area contributed by atoms with Gasteiger partial charge in [0.15, 0.2) is 0 Å². The molecule has 9 heteroatoms. The highest BCUT2D eigenvalue weighted by molar-refractivity contribution is 6.05. The normalized spacial score (nSPS) is 15.0. The average Bonchev–Trinajstić information content (AvgIpc) is 2.84. The van der Waals surface area contributed by atoms with Crippen molar-refractivity contribution in [2.45, 2.75) is 19.8 Å². The minimum Gasteiger partial charge on any atom is -0.277 e. The zero-order valence-electron chi connectivity index (χ0n) is 12.3. The number of nitro groups is 1. The van der Waals surface area contributed by atoms with Crippen molar-refractivity contribution in [3.63, 3.8) is 0 Å². The van der Waals surface area contributed by atoms with Crippen molar-refractivity contribution >= 4 is 29.1 Å². The lowest BCUT2D eigenvalue weighted by molar-refractivity contribution is -0.384. The molecular weight excluding hydrogens is 304 g/mol. The van der Waals surface area contributed by atoms with Crippen LogP contribution in [0.5, 0.6) is 0 Å². The fourth-order valence-corrected chi connectivity index (χ4v) is 2.01. The molecule has 1 saturated heterocycles. The molecule has 1 aliphatic rings. The fraction of sp³-hybridized carbons (Fsp3) is 0.286. The quantitative estimate of drug-likeness (QED) is 0.373. The van der Waals surface area contributed by atoms with E-state index in [1.54, 1.807) is 6.92 Å². The Morgan fingerprint density at radius 1 is 1.26 bits per heavy atom. The topological polar surface area (TPSA) is 122 Å². The third-order valence-corrected chi connectivity index (χ3v) is 3.23. The molecule has 2 rings (SSSR count). The van der Waals surface area contributed by atoms with Crippen LogP contribution in [0, 0.1) is 10.1 Å². The van der Waals surface area contributed by atoms with E-state index < -0.39 is 10.8 Å². The number of amides is 3. The Morgan fingerprint density at radius 2 is 1.83 bits per heavy atom. The maximum absolute atomic E-state index is 11.9. The van der Waals surface area contributed by atoms with Crippen LogP contribution in [0.2, 0.25) is 0 Å². The first-order chi connectivity index (χ1) is 10.9. The summed E-state index contributed by atoms with van der Waals surface area (Å²) in [6.07, 6.45) is 0.391. The van der Waals surface area contributed by atoms with E-state index in [2.05, 4.69) is 10.5 Å². The van der Waals surface area contributed by atoms with Gasteiger partial charge in [-0.2, -0.15) is 5.10 Å². The molecule has 1 aromatic carbocycles. The van der Waals surface area contributed by atoms with Crippen LogP contribution in [0.25, 0.3) is 0 Å². The Bertz CT molecular complexity index is 680. The number of nitrogens with zero attached hydrogens (tertiary/aromatic N) is 3. The van der Waals surface area contributed by atoms with Gasteiger partial charge in [0.05, 0.1) is 17.2 Å². The number of rotatable bonds is 5. The Labute approximate surface area is 131 Å². The first kappa shape index (κ1) is 16.3. The van der Waals surface area contributed by atoms with Crippen LogP contribution in [0.1, 0.15) is 30.1 Å². The third kappa shape index (κ3) is 3.96. The number of hydrogen-bond acceptors (Lipinski definition) is 6. The molecule has 1 fully saturated rings. The fourth-order valence-electron chi connectivity index (χ4n) is 2.01. The standard InChI is InChI=1S/C14H14N4O5/c1-9(8-17-12(19)6-7-13(17)20)15-16-14(21)10-2-4-11(5-3-10)18(22)23/h2-5H,6-8H2,1H3,(H,16,21)/b15-9+. The summed E-state index contributed by atoms with van der Waals surface area (Å²) in [5.41, 5.74) is 2.76. The summed E-state index contributed by atoms with van der Waals surface area (Å²) in [7, 11) is 0. The molecule has 9 nitrogen and oxygen atoms in total. The molecule has 0 bridgehead atoms. The van der Waals surface area contributed by atoms with Crippen molar-refractivity contribution < 1.29 is 19.3 Å². The highest BCUT2D eigenvalue weighted by atomic mass is 16.6. The molecule has 3 amide bonds. The van der Waals surface area contributed by atoms with Crippen molar-refractivity contribution in [3.05, 3.63) is 39.9 Å². The SMILES string of the molecule is C/C(CN1C(=O)CCC1=O)=N\NC(=O)c1ccc([N+](=O)[O-])cc1. The van der Waals surface area contributed by atoms with Gasteiger partial charge in [0.1, 0.15) is 0 Å². The summed E-state index contributed by atoms with van der Waals surface area (Å²) < 4.78 is 0. The first-order valence-corrected chi connectivity index (χ1v) is 6.79. The second-order valence-corrected chi connectivity index (χ2v) is 4.97. The summed E-state index contributed by atoms with van der Waals surface area (Å²) in [4.78, 5) is 45.9. The van der Waals surface area contributed by atoms with Gasteiger partial charge in [0.2, 0.25) is 11.8 Å². The number of non-ortho nitro benzene ring substituents is 1. The number of nitrogens with one attached hydrogen (secondary N) is 1. The molecule has 0 aromatic heterocycles. The highest BCUT2D eigenvalue weighted by Gasteiger charge is 2.28. The summed E-state index contributed by atoms with van der Waals surface area (Å²) in [6, 6.07) is 5.05. The van der Waals surface area contributed by atoms with Crippen LogP contribution < -0.4 is 5.43 Å². The molecule has 1 N–H and O–H groups in total. The second kappa shape index (κ2) is 6.77. The van der Waals surface area contributed by atoms with E-state index in [0.717, 1.165) is 4.90 Å². The molecule has 1 aliphatic heterocycles. The summed E-state index contributed by atoms with van der Waals surface area (Å²) >= 11 is 0. The van der Waals surface area contributed by atoms with Crippen molar-refractivity contribution in [2.24, 2.45) is 5.10 Å². The number of nitro benzene ring substituents is 1. The zero-order chi connectivity index (χ0) is 17.0. The smallest absolute Gasteiger partial charge is 0.271 e. The average molecular weight is 318 g/mol. The van der Waals surface area contributed by atoms with Crippen LogP contribution in [0.3, 0.4) is 0 Å². The third-order valence-electron chi connectivity index (χ3n) is 3.23. The molecule has 0 radical (unpaired) electrons. The Kier molecular flexibility index (Phi) is 4.79. The van der Waals surface area contributed by atoms with E-state index in [4.69, 9.17) is 0 Å². The van der Waals surface area contributed by atoms with E-state index in [1.807, 2.05) is 0 Å². The number of hydrogen-bond donors (Lipinski definition) is 1. The van der Waals surface area contributed by atoms with E-state index >= 15 is 0 Å². The van der Waals surface area contributed by atoms with Crippen LogP contribution in [-0.2, 0) is 9.59 Å². The Morgan fingerprint density at radius 3 is 2.35 bits per heavy atom. The summed E-state index contributed by atoms with van der Waals surface area (Å²) in [6.45, 7) is 1.60. The molecule has 23 heavy (non-hydrogen) atoms. The first-order valence-electron chi connectivity index (χ1n) is 6.79. The van der Waals surface area contributed by atoms with E-state index in [0.29, 0.717) is 5.71 Å². The van der Waals surface area contributed by atoms with Gasteiger partial charge in [-0.1, -0.05) is 0 Å². The van der Waals surface area contributed by atoms with Crippen molar-refractivity contribution in [3.8, 4) is 0 Å². The van der Waals surface area contributed by atoms with E-state index in [-0.39, 0.29) is 42.5 Å². The van der Waals surface area contributed by atoms with Crippen LogP contribution in [0.4, 0.5) is 5.69 Å². The van der Waals surface area contributed by atoms with Gasteiger partial charge >= 0.3 is 0 Å². The van der Waals surface area contributed by atoms with Gasteiger partial charge in [-0.25, -0.2) is 5.43 Å². The van der Waals surface area contributed by atoms with Crippen molar-refractivity contribution in [1.82, 2.24) is 10.3 Å². The molecule has 0 aliphatic carbocycles. The largest absolute Gasteiger partial charge is 0.277 e. The lowest BCUT2D eigenvalue weighted by Gasteiger charge is -2.13. The number of benzene rings is 1. The molecule has 0 saturated carbocycles. The van der Waals surface area contributed by atoms with Crippen LogP contribution in [-0.4, -0.2) is 39.8 Å². The van der Waals surface area contributed by atoms with Gasteiger partial charge in [0.25, 0.3) is 11.6 Å². The minimum atomic E-state index is -0.561. The molecule has 1 aromatic rings. The summed E-state index contributed by atoms with van der Waals surface area (Å²) in [5, 5.41) is 14.4. The van der Waals surface area contributed by atoms with Crippen molar-refractivity contribution in [1.29, 1.82) is 0 Å². The lowest BCUT2D eigenvalue weighted by atomic mass is 10.2. The highest BCUT2D eigenvalue weighted by Crippen LogP contribution is 2.12. The van der Waals surface area contributed by atoms with Gasteiger partial charge in [-0.3, -0.25) is 29.4 Å². The zero-order valence-corrected chi connectivity index (χ0v) is 12.3. The van der Waals surface area contributed by atoms with Crippen LogP contribution in [0.15, 0.2) is 29.4 Å². The van der Waals surface area contributed by atoms with E-state index in [1.165, 1.54) is 24.3 Å². The Balaban J connectivity index is 1.95. The number of likely N-dealkylation sites (tertiary alicyclic amines) is 1. The van der Waals surface area contributed by atoms with Crippen molar-refractivity contribution in [2.75, 3.05) is 6.54 Å². The molecule has 120 valence electrons. The van der Waals surface area contributed by atoms with Gasteiger partial charge < -0.3 is 0 Å². The minimum absolute atomic E-state index is 0.0260. The van der Waals surface area contributed by atoms with Gasteiger partial charge in [-0.05, 0) is 19.1 Å². The molecule has 1 heterocycles. The predicted molar refractivity (Wildman–Crippen MR) is 79.6 cm³/mol. The molecule has 0 unspecified atom stereocenters. The number of carbonyl (C=O) groups is 3. The molecular formula is C14H14N4O5. The second-order valence-electron chi connectivity index (χ2n) is 4.97. The van der Waals surface area contributed by atoms with Gasteiger partial charge in [-0.15, -0.1) is 0 Å². The monoisotopic (exact) mass is 318 g/mol. The maximum atomic E-state index is 11.9. The number of hydrazone groups is 1. The molecule has 0 spiro atoms. The summed E-state index contributed by atoms with van der Waals surface area (Å²) in [5.74, 6) is -1.06. The van der Waals surface area contributed by atoms with Gasteiger partial charge in [0, 0.05) is 30.5 Å². The molecule has 0 atom stereocenters. The number of imide groups is 1. The lowest BCUT2D eigenvalue weighted by Crippen LogP contribution is -2.34. The maximum Gasteiger partial charge on any atom is 0.271 e. The van der Waals surface area contributed by atoms with Crippen LogP contribution >= 0.6 is 0 Å².